The van der Waals surface area contributed by atoms with E-state index in [4.69, 9.17) is 4.42 Å². The van der Waals surface area contributed by atoms with E-state index < -0.39 is 5.91 Å². The minimum Gasteiger partial charge on any atom is -0.462 e. The lowest BCUT2D eigenvalue weighted by atomic mass is 10.1. The lowest BCUT2D eigenvalue weighted by Crippen LogP contribution is -2.41. The average molecular weight is 395 g/mol. The molecular weight excluding hydrogens is 382 g/mol. The number of furan rings is 1. The summed E-state index contributed by atoms with van der Waals surface area (Å²) in [7, 11) is 0. The van der Waals surface area contributed by atoms with Gasteiger partial charge in [0, 0.05) is 5.56 Å². The van der Waals surface area contributed by atoms with Crippen LogP contribution in [-0.2, 0) is 0 Å². The molecule has 0 saturated heterocycles. The highest BCUT2D eigenvalue weighted by molar-refractivity contribution is 7.17. The molecule has 2 N–H and O–H groups in total. The number of thiophene rings is 1. The Morgan fingerprint density at radius 2 is 1.74 bits per heavy atom. The van der Waals surface area contributed by atoms with Crippen molar-refractivity contribution in [3.05, 3.63) is 76.0 Å². The molecule has 4 rings (SSSR count). The van der Waals surface area contributed by atoms with Gasteiger partial charge in [-0.15, -0.1) is 22.7 Å². The Labute approximate surface area is 162 Å². The molecule has 4 aromatic rings. The number of hydrogen-bond acceptors (Lipinski definition) is 6. The highest BCUT2D eigenvalue weighted by Crippen LogP contribution is 2.33. The number of amides is 2. The molecule has 0 aliphatic heterocycles. The highest BCUT2D eigenvalue weighted by Gasteiger charge is 2.21. The van der Waals surface area contributed by atoms with Crippen molar-refractivity contribution in [2.24, 2.45) is 0 Å². The number of carbonyl (C=O) groups is 2. The van der Waals surface area contributed by atoms with Crippen molar-refractivity contribution < 1.29 is 14.0 Å². The first-order valence-electron chi connectivity index (χ1n) is 7.96. The Morgan fingerprint density at radius 1 is 0.926 bits per heavy atom. The lowest BCUT2D eigenvalue weighted by Gasteiger charge is -2.06. The molecule has 0 atom stereocenters. The molecule has 3 aromatic heterocycles. The van der Waals surface area contributed by atoms with Crippen LogP contribution < -0.4 is 10.9 Å². The third-order valence-corrected chi connectivity index (χ3v) is 5.58. The van der Waals surface area contributed by atoms with Gasteiger partial charge >= 0.3 is 0 Å². The van der Waals surface area contributed by atoms with Crippen LogP contribution in [0.2, 0.25) is 0 Å². The number of benzene rings is 1. The number of thiazole rings is 1. The van der Waals surface area contributed by atoms with Crippen LogP contribution in [0.3, 0.4) is 0 Å². The molecule has 0 aliphatic carbocycles. The van der Waals surface area contributed by atoms with E-state index in [9.17, 15) is 9.59 Å². The summed E-state index contributed by atoms with van der Waals surface area (Å²) in [6.45, 7) is 0. The smallest absolute Gasteiger partial charge is 0.282 e. The molecule has 0 spiro atoms. The van der Waals surface area contributed by atoms with Gasteiger partial charge in [-0.25, -0.2) is 4.98 Å². The maximum atomic E-state index is 12.7. The summed E-state index contributed by atoms with van der Waals surface area (Å²) >= 11 is 2.50. The standard InChI is InChI=1S/C19H13N3O3S2/c23-17(14-9-5-11-26-14)21-22-18(24)16-15(12-6-2-1-3-7-12)20-19(27-16)13-8-4-10-25-13/h1-11H,(H,21,23)(H,22,24). The van der Waals surface area contributed by atoms with E-state index in [1.54, 1.807) is 35.9 Å². The minimum atomic E-state index is -0.436. The van der Waals surface area contributed by atoms with Crippen molar-refractivity contribution in [1.29, 1.82) is 0 Å². The highest BCUT2D eigenvalue weighted by atomic mass is 32.1. The topological polar surface area (TPSA) is 84.2 Å². The summed E-state index contributed by atoms with van der Waals surface area (Å²) in [5, 5.41) is 2.39. The van der Waals surface area contributed by atoms with Crippen LogP contribution in [0, 0.1) is 0 Å². The fourth-order valence-electron chi connectivity index (χ4n) is 2.41. The van der Waals surface area contributed by atoms with Gasteiger partial charge in [0.15, 0.2) is 10.8 Å². The second-order valence-electron chi connectivity index (χ2n) is 5.43. The van der Waals surface area contributed by atoms with E-state index in [0.717, 1.165) is 5.56 Å². The van der Waals surface area contributed by atoms with Gasteiger partial charge in [0.2, 0.25) is 0 Å². The van der Waals surface area contributed by atoms with Gasteiger partial charge in [-0.2, -0.15) is 0 Å². The summed E-state index contributed by atoms with van der Waals surface area (Å²) in [5.74, 6) is -0.219. The van der Waals surface area contributed by atoms with Crippen LogP contribution in [0.25, 0.3) is 22.0 Å². The zero-order chi connectivity index (χ0) is 18.6. The molecular formula is C19H13N3O3S2. The van der Waals surface area contributed by atoms with Crippen LogP contribution in [-0.4, -0.2) is 16.8 Å². The molecule has 0 bridgehead atoms. The first kappa shape index (κ1) is 17.2. The lowest BCUT2D eigenvalue weighted by molar-refractivity contribution is 0.0851. The second kappa shape index (κ2) is 7.56. The molecule has 134 valence electrons. The maximum Gasteiger partial charge on any atom is 0.282 e. The van der Waals surface area contributed by atoms with Gasteiger partial charge in [0.05, 0.1) is 16.8 Å². The Kier molecular flexibility index (Phi) is 4.82. The van der Waals surface area contributed by atoms with E-state index >= 15 is 0 Å². The molecule has 3 heterocycles. The fourth-order valence-corrected chi connectivity index (χ4v) is 3.98. The molecule has 0 aliphatic rings. The Hall–Kier alpha value is -3.23. The largest absolute Gasteiger partial charge is 0.462 e. The first-order chi connectivity index (χ1) is 13.2. The van der Waals surface area contributed by atoms with Crippen LogP contribution in [0.4, 0.5) is 0 Å². The van der Waals surface area contributed by atoms with Gasteiger partial charge in [-0.05, 0) is 23.6 Å². The van der Waals surface area contributed by atoms with Crippen molar-refractivity contribution >= 4 is 34.5 Å². The van der Waals surface area contributed by atoms with Crippen LogP contribution >= 0.6 is 22.7 Å². The van der Waals surface area contributed by atoms with Gasteiger partial charge in [-0.3, -0.25) is 20.4 Å². The zero-order valence-corrected chi connectivity index (χ0v) is 15.5. The number of carbonyl (C=O) groups excluding carboxylic acids is 2. The van der Waals surface area contributed by atoms with Crippen molar-refractivity contribution in [3.8, 4) is 22.0 Å². The number of nitrogens with zero attached hydrogens (tertiary/aromatic N) is 1. The molecule has 1 aromatic carbocycles. The van der Waals surface area contributed by atoms with Crippen molar-refractivity contribution in [2.45, 2.75) is 0 Å². The average Bonchev–Trinajstić information content (AvgIpc) is 3.47. The molecule has 8 heteroatoms. The van der Waals surface area contributed by atoms with Gasteiger partial charge in [-0.1, -0.05) is 36.4 Å². The van der Waals surface area contributed by atoms with Gasteiger partial charge in [0.1, 0.15) is 4.88 Å². The molecule has 0 unspecified atom stereocenters. The first-order valence-corrected chi connectivity index (χ1v) is 9.66. The van der Waals surface area contributed by atoms with Crippen molar-refractivity contribution in [1.82, 2.24) is 15.8 Å². The molecule has 0 fully saturated rings. The molecule has 0 radical (unpaired) electrons. The van der Waals surface area contributed by atoms with E-state index in [2.05, 4.69) is 15.8 Å². The monoisotopic (exact) mass is 395 g/mol. The summed E-state index contributed by atoms with van der Waals surface area (Å²) in [5.41, 5.74) is 6.24. The summed E-state index contributed by atoms with van der Waals surface area (Å²) in [6, 6.07) is 16.4. The molecule has 0 saturated carbocycles. The summed E-state index contributed by atoms with van der Waals surface area (Å²) in [6.07, 6.45) is 1.56. The van der Waals surface area contributed by atoms with Crippen LogP contribution in [0.1, 0.15) is 19.3 Å². The van der Waals surface area contributed by atoms with Crippen LogP contribution in [0.5, 0.6) is 0 Å². The third kappa shape index (κ3) is 3.67. The number of aromatic nitrogens is 1. The fraction of sp³-hybridized carbons (Fsp3) is 0. The van der Waals surface area contributed by atoms with Crippen LogP contribution in [0.15, 0.2) is 70.7 Å². The summed E-state index contributed by atoms with van der Waals surface area (Å²) in [4.78, 5) is 30.2. The quantitative estimate of drug-likeness (QED) is 0.507. The predicted octanol–water partition coefficient (Wildman–Crippen LogP) is 4.21. The molecule has 27 heavy (non-hydrogen) atoms. The summed E-state index contributed by atoms with van der Waals surface area (Å²) < 4.78 is 5.40. The minimum absolute atomic E-state index is 0.365. The van der Waals surface area contributed by atoms with Gasteiger partial charge in [0.25, 0.3) is 11.8 Å². The van der Waals surface area contributed by atoms with Gasteiger partial charge < -0.3 is 4.42 Å². The number of nitrogens with one attached hydrogen (secondary N) is 2. The maximum absolute atomic E-state index is 12.7. The second-order valence-corrected chi connectivity index (χ2v) is 7.37. The van der Waals surface area contributed by atoms with Crippen molar-refractivity contribution in [2.75, 3.05) is 0 Å². The normalized spacial score (nSPS) is 10.5. The van der Waals surface area contributed by atoms with Crippen molar-refractivity contribution in [3.63, 3.8) is 0 Å². The Bertz CT molecular complexity index is 1060. The SMILES string of the molecule is O=C(NNC(=O)c1sc(-c2ccco2)nc1-c1ccccc1)c1cccs1. The Morgan fingerprint density at radius 3 is 2.44 bits per heavy atom. The van der Waals surface area contributed by atoms with E-state index in [-0.39, 0.29) is 5.91 Å². The van der Waals surface area contributed by atoms with E-state index in [1.807, 2.05) is 30.3 Å². The number of hydrogen-bond donors (Lipinski definition) is 2. The predicted molar refractivity (Wildman–Crippen MR) is 105 cm³/mol. The zero-order valence-electron chi connectivity index (χ0n) is 13.8. The number of hydrazine groups is 1. The number of rotatable bonds is 4. The molecule has 6 nitrogen and oxygen atoms in total. The van der Waals surface area contributed by atoms with E-state index in [0.29, 0.717) is 26.2 Å². The Balaban J connectivity index is 1.62. The molecule has 2 amide bonds. The third-order valence-electron chi connectivity index (χ3n) is 3.65. The van der Waals surface area contributed by atoms with E-state index in [1.165, 1.54) is 22.7 Å².